The van der Waals surface area contributed by atoms with Crippen LogP contribution in [-0.4, -0.2) is 19.8 Å². The molecular formula is C12H24O2. The molecular weight excluding hydrogens is 176 g/mol. The standard InChI is InChI=1S/C12H24O2/c1-4-6-7-8-10-14-12(3)11-13-9-5-2/h3-11H2,1-2H3. The van der Waals surface area contributed by atoms with E-state index in [1.807, 2.05) is 0 Å². The highest BCUT2D eigenvalue weighted by molar-refractivity contribution is 4.81. The van der Waals surface area contributed by atoms with Crippen LogP contribution in [0.5, 0.6) is 0 Å². The van der Waals surface area contributed by atoms with Crippen LogP contribution in [0.4, 0.5) is 0 Å². The minimum absolute atomic E-state index is 0.543. The average molecular weight is 200 g/mol. The smallest absolute Gasteiger partial charge is 0.114 e. The van der Waals surface area contributed by atoms with Gasteiger partial charge in [-0.2, -0.15) is 0 Å². The van der Waals surface area contributed by atoms with E-state index in [9.17, 15) is 0 Å². The fourth-order valence-electron chi connectivity index (χ4n) is 1.12. The van der Waals surface area contributed by atoms with E-state index >= 15 is 0 Å². The van der Waals surface area contributed by atoms with Crippen molar-refractivity contribution in [2.24, 2.45) is 0 Å². The van der Waals surface area contributed by atoms with Gasteiger partial charge in [-0.15, -0.1) is 0 Å². The van der Waals surface area contributed by atoms with Crippen molar-refractivity contribution < 1.29 is 9.47 Å². The molecule has 0 aliphatic heterocycles. The molecule has 0 saturated heterocycles. The molecule has 14 heavy (non-hydrogen) atoms. The lowest BCUT2D eigenvalue weighted by Gasteiger charge is -2.08. The Hall–Kier alpha value is -0.500. The zero-order valence-electron chi connectivity index (χ0n) is 9.68. The van der Waals surface area contributed by atoms with Gasteiger partial charge in [0, 0.05) is 6.61 Å². The SMILES string of the molecule is C=C(COCCC)OCCCCCC. The summed E-state index contributed by atoms with van der Waals surface area (Å²) in [5, 5.41) is 0. The highest BCUT2D eigenvalue weighted by atomic mass is 16.5. The summed E-state index contributed by atoms with van der Waals surface area (Å²) >= 11 is 0. The maximum Gasteiger partial charge on any atom is 0.114 e. The highest BCUT2D eigenvalue weighted by Gasteiger charge is 1.95. The first-order chi connectivity index (χ1) is 6.81. The zero-order valence-corrected chi connectivity index (χ0v) is 9.68. The first-order valence-electron chi connectivity index (χ1n) is 5.69. The fourth-order valence-corrected chi connectivity index (χ4v) is 1.12. The summed E-state index contributed by atoms with van der Waals surface area (Å²) in [6, 6.07) is 0. The van der Waals surface area contributed by atoms with Crippen molar-refractivity contribution in [1.29, 1.82) is 0 Å². The Kier molecular flexibility index (Phi) is 10.2. The van der Waals surface area contributed by atoms with Crippen LogP contribution in [0, 0.1) is 0 Å². The van der Waals surface area contributed by atoms with E-state index < -0.39 is 0 Å². The molecule has 0 rings (SSSR count). The van der Waals surface area contributed by atoms with Crippen molar-refractivity contribution in [3.8, 4) is 0 Å². The number of hydrogen-bond donors (Lipinski definition) is 0. The van der Waals surface area contributed by atoms with E-state index in [-0.39, 0.29) is 0 Å². The minimum Gasteiger partial charge on any atom is -0.496 e. The van der Waals surface area contributed by atoms with Crippen LogP contribution in [0.1, 0.15) is 46.0 Å². The summed E-state index contributed by atoms with van der Waals surface area (Å²) in [6.07, 6.45) is 5.98. The molecule has 0 amide bonds. The van der Waals surface area contributed by atoms with E-state index in [0.717, 1.165) is 31.8 Å². The predicted octanol–water partition coefficient (Wildman–Crippen LogP) is 3.52. The second-order valence-corrected chi connectivity index (χ2v) is 3.50. The normalized spacial score (nSPS) is 10.1. The van der Waals surface area contributed by atoms with E-state index in [4.69, 9.17) is 9.47 Å². The Morgan fingerprint density at radius 1 is 1.00 bits per heavy atom. The van der Waals surface area contributed by atoms with Crippen LogP contribution in [0.3, 0.4) is 0 Å². The van der Waals surface area contributed by atoms with Gasteiger partial charge in [-0.05, 0) is 12.8 Å². The second-order valence-electron chi connectivity index (χ2n) is 3.50. The van der Waals surface area contributed by atoms with Gasteiger partial charge < -0.3 is 9.47 Å². The van der Waals surface area contributed by atoms with Crippen LogP contribution >= 0.6 is 0 Å². The lowest BCUT2D eigenvalue weighted by atomic mass is 10.2. The van der Waals surface area contributed by atoms with Crippen molar-refractivity contribution in [2.45, 2.75) is 46.0 Å². The van der Waals surface area contributed by atoms with Gasteiger partial charge in [-0.25, -0.2) is 0 Å². The van der Waals surface area contributed by atoms with E-state index in [1.165, 1.54) is 19.3 Å². The monoisotopic (exact) mass is 200 g/mol. The molecule has 0 aliphatic rings. The van der Waals surface area contributed by atoms with E-state index in [2.05, 4.69) is 20.4 Å². The van der Waals surface area contributed by atoms with Crippen LogP contribution in [-0.2, 0) is 9.47 Å². The summed E-state index contributed by atoms with van der Waals surface area (Å²) in [5.74, 6) is 0.759. The Morgan fingerprint density at radius 2 is 1.79 bits per heavy atom. The molecule has 0 fully saturated rings. The molecule has 0 aromatic rings. The average Bonchev–Trinajstić information content (AvgIpc) is 2.18. The van der Waals surface area contributed by atoms with Crippen LogP contribution in [0.15, 0.2) is 12.3 Å². The van der Waals surface area contributed by atoms with E-state index in [0.29, 0.717) is 6.61 Å². The van der Waals surface area contributed by atoms with Crippen molar-refractivity contribution in [3.05, 3.63) is 12.3 Å². The Morgan fingerprint density at radius 3 is 2.43 bits per heavy atom. The third-order valence-corrected chi connectivity index (χ3v) is 1.92. The molecule has 0 aliphatic carbocycles. The first-order valence-corrected chi connectivity index (χ1v) is 5.69. The van der Waals surface area contributed by atoms with Gasteiger partial charge in [0.15, 0.2) is 0 Å². The van der Waals surface area contributed by atoms with Gasteiger partial charge in [0.2, 0.25) is 0 Å². The molecule has 0 aromatic carbocycles. The van der Waals surface area contributed by atoms with Gasteiger partial charge in [-0.1, -0.05) is 39.7 Å². The Balaban J connectivity index is 3.10. The lowest BCUT2D eigenvalue weighted by molar-refractivity contribution is 0.0973. The molecule has 2 nitrogen and oxygen atoms in total. The highest BCUT2D eigenvalue weighted by Crippen LogP contribution is 2.02. The lowest BCUT2D eigenvalue weighted by Crippen LogP contribution is -2.03. The molecule has 0 spiro atoms. The predicted molar refractivity (Wildman–Crippen MR) is 60.3 cm³/mol. The van der Waals surface area contributed by atoms with Crippen molar-refractivity contribution in [3.63, 3.8) is 0 Å². The van der Waals surface area contributed by atoms with Crippen molar-refractivity contribution >= 4 is 0 Å². The fraction of sp³-hybridized carbons (Fsp3) is 0.833. The second kappa shape index (κ2) is 10.6. The van der Waals surface area contributed by atoms with Gasteiger partial charge in [0.25, 0.3) is 0 Å². The maximum atomic E-state index is 5.42. The minimum atomic E-state index is 0.543. The maximum absolute atomic E-state index is 5.42. The molecule has 2 heteroatoms. The van der Waals surface area contributed by atoms with Gasteiger partial charge in [0.1, 0.15) is 12.4 Å². The summed E-state index contributed by atoms with van der Waals surface area (Å²) in [4.78, 5) is 0. The van der Waals surface area contributed by atoms with Crippen molar-refractivity contribution in [2.75, 3.05) is 19.8 Å². The molecule has 0 saturated carbocycles. The zero-order chi connectivity index (χ0) is 10.6. The number of unbranched alkanes of at least 4 members (excludes halogenated alkanes) is 3. The molecule has 0 unspecified atom stereocenters. The summed E-state index contributed by atoms with van der Waals surface area (Å²) in [5.41, 5.74) is 0. The third kappa shape index (κ3) is 9.59. The quantitative estimate of drug-likeness (QED) is 0.397. The largest absolute Gasteiger partial charge is 0.496 e. The first kappa shape index (κ1) is 13.5. The topological polar surface area (TPSA) is 18.5 Å². The van der Waals surface area contributed by atoms with Crippen LogP contribution in [0.2, 0.25) is 0 Å². The van der Waals surface area contributed by atoms with Crippen molar-refractivity contribution in [1.82, 2.24) is 0 Å². The Bertz CT molecular complexity index is 132. The molecule has 0 radical (unpaired) electrons. The molecule has 84 valence electrons. The van der Waals surface area contributed by atoms with Gasteiger partial charge >= 0.3 is 0 Å². The number of hydrogen-bond acceptors (Lipinski definition) is 2. The van der Waals surface area contributed by atoms with Crippen LogP contribution < -0.4 is 0 Å². The van der Waals surface area contributed by atoms with E-state index in [1.54, 1.807) is 0 Å². The summed E-state index contributed by atoms with van der Waals surface area (Å²) < 4.78 is 10.7. The molecule has 0 bridgehead atoms. The van der Waals surface area contributed by atoms with Gasteiger partial charge in [0.05, 0.1) is 6.61 Å². The third-order valence-electron chi connectivity index (χ3n) is 1.92. The summed E-state index contributed by atoms with van der Waals surface area (Å²) in [6.45, 7) is 10.2. The van der Waals surface area contributed by atoms with Gasteiger partial charge in [-0.3, -0.25) is 0 Å². The molecule has 0 N–H and O–H groups in total. The molecule has 0 aromatic heterocycles. The molecule has 0 heterocycles. The Labute approximate surface area is 88.3 Å². The number of ether oxygens (including phenoxy) is 2. The number of rotatable bonds is 10. The molecule has 0 atom stereocenters. The summed E-state index contributed by atoms with van der Waals surface area (Å²) in [7, 11) is 0. The van der Waals surface area contributed by atoms with Crippen LogP contribution in [0.25, 0.3) is 0 Å².